The number of ether oxygens (including phenoxy) is 1. The molecule has 2 heterocycles. The van der Waals surface area contributed by atoms with Gasteiger partial charge in [-0.3, -0.25) is 9.79 Å². The average Bonchev–Trinajstić information content (AvgIpc) is 3.42. The molecule has 1 aromatic carbocycles. The number of hydrogen-bond acceptors (Lipinski definition) is 6. The van der Waals surface area contributed by atoms with E-state index in [1.165, 1.54) is 24.7 Å². The first-order valence-corrected chi connectivity index (χ1v) is 12.1. The highest BCUT2D eigenvalue weighted by atomic mass is 32.1. The number of esters is 1. The van der Waals surface area contributed by atoms with Gasteiger partial charge in [0.05, 0.1) is 29.4 Å². The molecule has 1 saturated heterocycles. The third-order valence-corrected chi connectivity index (χ3v) is 7.75. The number of methoxy groups -OCH3 is 1. The van der Waals surface area contributed by atoms with E-state index >= 15 is 0 Å². The van der Waals surface area contributed by atoms with Gasteiger partial charge in [0, 0.05) is 29.7 Å². The summed E-state index contributed by atoms with van der Waals surface area (Å²) in [6.07, 6.45) is 5.00. The summed E-state index contributed by atoms with van der Waals surface area (Å²) >= 11 is 7.13. The molecular weight excluding hydrogens is 428 g/mol. The van der Waals surface area contributed by atoms with Crippen molar-refractivity contribution in [3.8, 4) is 16.2 Å². The Morgan fingerprint density at radius 1 is 1.29 bits per heavy atom. The largest absolute Gasteiger partial charge is 0.506 e. The highest BCUT2D eigenvalue weighted by Crippen LogP contribution is 2.40. The van der Waals surface area contributed by atoms with Crippen LogP contribution in [0.2, 0.25) is 0 Å². The number of thiophene rings is 1. The maximum Gasteiger partial charge on any atom is 0.308 e. The molecule has 0 amide bonds. The van der Waals surface area contributed by atoms with Gasteiger partial charge < -0.3 is 14.7 Å². The number of aromatic hydroxyl groups is 1. The maximum atomic E-state index is 11.7. The van der Waals surface area contributed by atoms with Gasteiger partial charge in [0.2, 0.25) is 0 Å². The molecule has 0 unspecified atom stereocenters. The van der Waals surface area contributed by atoms with Gasteiger partial charge in [0.15, 0.2) is 0 Å². The van der Waals surface area contributed by atoms with Crippen molar-refractivity contribution in [2.75, 3.05) is 26.7 Å². The second-order valence-corrected chi connectivity index (χ2v) is 9.59. The number of aryl methyl sites for hydroxylation is 2. The summed E-state index contributed by atoms with van der Waals surface area (Å²) in [5, 5.41) is 12.8. The van der Waals surface area contributed by atoms with Crippen LogP contribution in [-0.2, 0) is 22.4 Å². The second-order valence-electron chi connectivity index (χ2n) is 8.24. The van der Waals surface area contributed by atoms with E-state index in [1.54, 1.807) is 11.3 Å². The topological polar surface area (TPSA) is 62.1 Å². The summed E-state index contributed by atoms with van der Waals surface area (Å²) in [4.78, 5) is 20.1. The zero-order valence-corrected chi connectivity index (χ0v) is 19.7. The molecule has 0 atom stereocenters. The summed E-state index contributed by atoms with van der Waals surface area (Å²) in [5.41, 5.74) is 5.47. The molecular formula is C24H28N2O3S2. The van der Waals surface area contributed by atoms with Crippen molar-refractivity contribution in [3.05, 3.63) is 40.3 Å². The van der Waals surface area contributed by atoms with Gasteiger partial charge in [-0.2, -0.15) is 0 Å². The van der Waals surface area contributed by atoms with Crippen molar-refractivity contribution in [2.45, 2.75) is 39.0 Å². The van der Waals surface area contributed by atoms with Gasteiger partial charge in [-0.25, -0.2) is 0 Å². The molecule has 1 N–H and O–H groups in total. The summed E-state index contributed by atoms with van der Waals surface area (Å²) in [6, 6.07) is 6.52. The number of likely N-dealkylation sites (tertiary alicyclic amines) is 1. The van der Waals surface area contributed by atoms with Gasteiger partial charge >= 0.3 is 5.97 Å². The number of nitrogens with zero attached hydrogens (tertiary/aromatic N) is 2. The molecule has 4 rings (SSSR count). The van der Waals surface area contributed by atoms with E-state index in [-0.39, 0.29) is 11.9 Å². The molecule has 1 aromatic heterocycles. The van der Waals surface area contributed by atoms with E-state index in [9.17, 15) is 9.90 Å². The molecule has 2 aromatic rings. The molecule has 1 aliphatic carbocycles. The van der Waals surface area contributed by atoms with E-state index in [0.717, 1.165) is 65.5 Å². The van der Waals surface area contributed by atoms with Crippen molar-refractivity contribution in [1.29, 1.82) is 0 Å². The number of aliphatic imine (C=N–C) groups is 1. The van der Waals surface area contributed by atoms with E-state index in [1.807, 2.05) is 12.3 Å². The van der Waals surface area contributed by atoms with Gasteiger partial charge in [-0.15, -0.1) is 11.3 Å². The minimum atomic E-state index is -0.133. The van der Waals surface area contributed by atoms with Crippen LogP contribution in [-0.4, -0.2) is 53.4 Å². The molecule has 31 heavy (non-hydrogen) atoms. The fourth-order valence-electron chi connectivity index (χ4n) is 4.43. The molecule has 0 spiro atoms. The van der Waals surface area contributed by atoms with Gasteiger partial charge in [0.25, 0.3) is 0 Å². The number of carbonyl (C=O) groups excluding carboxylic acids is 1. The second kappa shape index (κ2) is 9.49. The third-order valence-electron chi connectivity index (χ3n) is 6.35. The Morgan fingerprint density at radius 3 is 2.77 bits per heavy atom. The Balaban J connectivity index is 1.40. The molecule has 5 nitrogen and oxygen atoms in total. The number of fused-ring (bicyclic) bond motifs is 1. The maximum absolute atomic E-state index is 11.7. The summed E-state index contributed by atoms with van der Waals surface area (Å²) in [6.45, 7) is 3.83. The lowest BCUT2D eigenvalue weighted by Gasteiger charge is -2.32. The molecule has 0 radical (unpaired) electrons. The Morgan fingerprint density at radius 2 is 2.03 bits per heavy atom. The summed E-state index contributed by atoms with van der Waals surface area (Å²) < 4.78 is 4.85. The minimum Gasteiger partial charge on any atom is -0.506 e. The van der Waals surface area contributed by atoms with E-state index < -0.39 is 0 Å². The van der Waals surface area contributed by atoms with Crippen molar-refractivity contribution in [3.63, 3.8) is 0 Å². The number of thiocarbonyl (C=S) groups is 1. The lowest BCUT2D eigenvalue weighted by atomic mass is 9.97. The SMILES string of the molecule is COC(=O)C1CCN(C(=S)CN=C(C)c2csc(-c3ccc4c(c3)CCC4)c2O)CC1. The number of benzene rings is 1. The van der Waals surface area contributed by atoms with Crippen molar-refractivity contribution in [2.24, 2.45) is 10.9 Å². The van der Waals surface area contributed by atoms with Crippen LogP contribution < -0.4 is 0 Å². The highest BCUT2D eigenvalue weighted by molar-refractivity contribution is 7.80. The number of rotatable bonds is 5. The average molecular weight is 457 g/mol. The van der Waals surface area contributed by atoms with Crippen LogP contribution in [0.3, 0.4) is 0 Å². The molecule has 2 aliphatic rings. The van der Waals surface area contributed by atoms with Crippen LogP contribution in [0.1, 0.15) is 42.9 Å². The summed E-state index contributed by atoms with van der Waals surface area (Å²) in [7, 11) is 1.44. The predicted molar refractivity (Wildman–Crippen MR) is 129 cm³/mol. The Labute approximate surface area is 192 Å². The molecule has 1 fully saturated rings. The summed E-state index contributed by atoms with van der Waals surface area (Å²) in [5.74, 6) is 0.134. The third kappa shape index (κ3) is 4.67. The van der Waals surface area contributed by atoms with E-state index in [2.05, 4.69) is 28.1 Å². The van der Waals surface area contributed by atoms with Crippen molar-refractivity contribution < 1.29 is 14.6 Å². The van der Waals surface area contributed by atoms with E-state index in [4.69, 9.17) is 17.0 Å². The van der Waals surface area contributed by atoms with Crippen molar-refractivity contribution in [1.82, 2.24) is 4.90 Å². The smallest absolute Gasteiger partial charge is 0.308 e. The fourth-order valence-corrected chi connectivity index (χ4v) is 5.68. The first-order chi connectivity index (χ1) is 15.0. The van der Waals surface area contributed by atoms with Gasteiger partial charge in [-0.1, -0.05) is 24.4 Å². The zero-order chi connectivity index (χ0) is 22.0. The van der Waals surface area contributed by atoms with Crippen LogP contribution >= 0.6 is 23.6 Å². The standard InChI is InChI=1S/C24H28N2O3S2/c1-15(25-13-21(30)26-10-8-17(9-11-26)24(28)29-2)20-14-31-23(22(20)27)19-7-6-16-4-3-5-18(16)12-19/h6-7,12,14,17,27H,3-5,8-11,13H2,1-2H3. The highest BCUT2D eigenvalue weighted by Gasteiger charge is 2.26. The monoisotopic (exact) mass is 456 g/mol. The van der Waals surface area contributed by atoms with Crippen LogP contribution in [0.15, 0.2) is 28.6 Å². The molecule has 7 heteroatoms. The zero-order valence-electron chi connectivity index (χ0n) is 18.0. The minimum absolute atomic E-state index is 0.0327. The van der Waals surface area contributed by atoms with Gasteiger partial charge in [0.1, 0.15) is 5.75 Å². The Bertz CT molecular complexity index is 1020. The molecule has 1 aliphatic heterocycles. The molecule has 0 saturated carbocycles. The van der Waals surface area contributed by atoms with Gasteiger partial charge in [-0.05, 0) is 61.8 Å². The van der Waals surface area contributed by atoms with Crippen molar-refractivity contribution >= 4 is 40.2 Å². The van der Waals surface area contributed by atoms with Crippen LogP contribution in [0.25, 0.3) is 10.4 Å². The van der Waals surface area contributed by atoms with Crippen LogP contribution in [0.5, 0.6) is 5.75 Å². The predicted octanol–water partition coefficient (Wildman–Crippen LogP) is 4.63. The lowest BCUT2D eigenvalue weighted by Crippen LogP contribution is -2.40. The normalized spacial score (nSPS) is 17.0. The van der Waals surface area contributed by atoms with Crippen LogP contribution in [0.4, 0.5) is 0 Å². The Hall–Kier alpha value is -2.25. The van der Waals surface area contributed by atoms with E-state index in [0.29, 0.717) is 12.3 Å². The van der Waals surface area contributed by atoms with Crippen LogP contribution in [0, 0.1) is 5.92 Å². The number of carbonyl (C=O) groups is 1. The number of piperidine rings is 1. The Kier molecular flexibility index (Phi) is 6.72. The lowest BCUT2D eigenvalue weighted by molar-refractivity contribution is -0.146. The molecule has 164 valence electrons. The quantitative estimate of drug-likeness (QED) is 0.404. The first-order valence-electron chi connectivity index (χ1n) is 10.8. The molecule has 0 bridgehead atoms. The first kappa shape index (κ1) is 22.0. The fraction of sp³-hybridized carbons (Fsp3) is 0.458. The number of hydrogen-bond donors (Lipinski definition) is 1.